The van der Waals surface area contributed by atoms with Gasteiger partial charge in [-0.2, -0.15) is 13.2 Å². The number of halogens is 3. The Morgan fingerprint density at radius 2 is 2.14 bits per heavy atom. The number of hydrogen-bond acceptors (Lipinski definition) is 2. The monoisotopic (exact) mass is 310 g/mol. The highest BCUT2D eigenvalue weighted by atomic mass is 19.4. The summed E-state index contributed by atoms with van der Waals surface area (Å²) in [6.07, 6.45) is -1.72. The van der Waals surface area contributed by atoms with Crippen LogP contribution in [0.4, 0.5) is 13.2 Å². The molecule has 1 unspecified atom stereocenters. The van der Waals surface area contributed by atoms with Crippen molar-refractivity contribution in [2.24, 2.45) is 0 Å². The van der Waals surface area contributed by atoms with Crippen LogP contribution in [0.5, 0.6) is 0 Å². The third-order valence-corrected chi connectivity index (χ3v) is 3.90. The molecule has 0 radical (unpaired) electrons. The normalized spacial score (nSPS) is 18.0. The molecule has 0 saturated carbocycles. The number of aromatic nitrogens is 2. The highest BCUT2D eigenvalue weighted by Crippen LogP contribution is 2.34. The zero-order valence-electron chi connectivity index (χ0n) is 11.5. The number of fused-ring (bicyclic) bond motifs is 1. The van der Waals surface area contributed by atoms with Crippen molar-refractivity contribution in [3.63, 3.8) is 0 Å². The molecule has 0 amide bonds. The first-order chi connectivity index (χ1) is 10.3. The standard InChI is InChI=1S/C15H13F3N2O2/c16-15(17,18)11-3-1-2-9(6-11)10-4-5-13-19-12(14(21)22)8-20(13)7-10/h1-3,6,8,10H,4-5,7H2,(H,21,22). The van der Waals surface area contributed by atoms with Crippen LogP contribution in [0.25, 0.3) is 0 Å². The Morgan fingerprint density at radius 1 is 1.36 bits per heavy atom. The number of imidazole rings is 1. The Hall–Kier alpha value is -2.31. The van der Waals surface area contributed by atoms with E-state index in [4.69, 9.17) is 5.11 Å². The second-order valence-electron chi connectivity index (χ2n) is 5.36. The predicted octanol–water partition coefficient (Wildman–Crippen LogP) is 3.33. The van der Waals surface area contributed by atoms with E-state index in [0.29, 0.717) is 30.8 Å². The molecule has 116 valence electrons. The maximum atomic E-state index is 12.8. The van der Waals surface area contributed by atoms with Crippen LogP contribution in [0, 0.1) is 0 Å². The molecule has 0 saturated heterocycles. The molecule has 0 spiro atoms. The van der Waals surface area contributed by atoms with Crippen molar-refractivity contribution in [3.05, 3.63) is 53.1 Å². The first-order valence-electron chi connectivity index (χ1n) is 6.81. The highest BCUT2D eigenvalue weighted by Gasteiger charge is 2.31. The van der Waals surface area contributed by atoms with Gasteiger partial charge < -0.3 is 9.67 Å². The van der Waals surface area contributed by atoms with Gasteiger partial charge >= 0.3 is 12.1 Å². The number of carbonyl (C=O) groups is 1. The van der Waals surface area contributed by atoms with E-state index >= 15 is 0 Å². The lowest BCUT2D eigenvalue weighted by atomic mass is 9.90. The molecule has 0 bridgehead atoms. The number of carboxylic acid groups (broad SMARTS) is 1. The topological polar surface area (TPSA) is 55.1 Å². The number of benzene rings is 1. The Bertz CT molecular complexity index is 722. The van der Waals surface area contributed by atoms with Gasteiger partial charge in [0.15, 0.2) is 5.69 Å². The molecule has 0 fully saturated rings. The van der Waals surface area contributed by atoms with E-state index in [0.717, 1.165) is 6.07 Å². The van der Waals surface area contributed by atoms with Gasteiger partial charge in [0, 0.05) is 25.1 Å². The predicted molar refractivity (Wildman–Crippen MR) is 71.7 cm³/mol. The van der Waals surface area contributed by atoms with Crippen LogP contribution in [0.2, 0.25) is 0 Å². The summed E-state index contributed by atoms with van der Waals surface area (Å²) in [5.41, 5.74) is -0.0709. The Labute approximate surface area is 124 Å². The van der Waals surface area contributed by atoms with E-state index in [2.05, 4.69) is 4.98 Å². The molecule has 4 nitrogen and oxygen atoms in total. The molecular formula is C15H13F3N2O2. The molecule has 22 heavy (non-hydrogen) atoms. The smallest absolute Gasteiger partial charge is 0.416 e. The van der Waals surface area contributed by atoms with Crippen molar-refractivity contribution >= 4 is 5.97 Å². The Balaban J connectivity index is 1.87. The van der Waals surface area contributed by atoms with Crippen LogP contribution in [0.3, 0.4) is 0 Å². The van der Waals surface area contributed by atoms with Crippen molar-refractivity contribution in [2.45, 2.75) is 31.5 Å². The van der Waals surface area contributed by atoms with Crippen LogP contribution in [0.15, 0.2) is 30.5 Å². The third-order valence-electron chi connectivity index (χ3n) is 3.90. The summed E-state index contributed by atoms with van der Waals surface area (Å²) in [6, 6.07) is 5.31. The third kappa shape index (κ3) is 2.70. The molecule has 1 aromatic carbocycles. The van der Waals surface area contributed by atoms with Gasteiger partial charge in [-0.05, 0) is 18.1 Å². The van der Waals surface area contributed by atoms with Crippen LogP contribution in [-0.2, 0) is 19.1 Å². The summed E-state index contributed by atoms with van der Waals surface area (Å²) >= 11 is 0. The molecule has 3 rings (SSSR count). The van der Waals surface area contributed by atoms with E-state index in [1.165, 1.54) is 18.3 Å². The Morgan fingerprint density at radius 3 is 2.82 bits per heavy atom. The fraction of sp³-hybridized carbons (Fsp3) is 0.333. The lowest BCUT2D eigenvalue weighted by Crippen LogP contribution is -2.19. The fourth-order valence-electron chi connectivity index (χ4n) is 2.79. The number of nitrogens with zero attached hydrogens (tertiary/aromatic N) is 2. The molecule has 2 heterocycles. The fourth-order valence-corrected chi connectivity index (χ4v) is 2.79. The summed E-state index contributed by atoms with van der Waals surface area (Å²) < 4.78 is 40.1. The van der Waals surface area contributed by atoms with Gasteiger partial charge in [0.2, 0.25) is 0 Å². The average Bonchev–Trinajstić information content (AvgIpc) is 2.89. The molecule has 1 N–H and O–H groups in total. The second kappa shape index (κ2) is 5.15. The van der Waals surface area contributed by atoms with Crippen molar-refractivity contribution in [1.82, 2.24) is 9.55 Å². The maximum absolute atomic E-state index is 12.8. The van der Waals surface area contributed by atoms with Crippen molar-refractivity contribution in [3.8, 4) is 0 Å². The van der Waals surface area contributed by atoms with Crippen LogP contribution >= 0.6 is 0 Å². The van der Waals surface area contributed by atoms with Gasteiger partial charge in [-0.25, -0.2) is 9.78 Å². The molecule has 7 heteroatoms. The van der Waals surface area contributed by atoms with Gasteiger partial charge in [0.1, 0.15) is 5.82 Å². The van der Waals surface area contributed by atoms with Gasteiger partial charge in [0.25, 0.3) is 0 Å². The minimum Gasteiger partial charge on any atom is -0.476 e. The van der Waals surface area contributed by atoms with Crippen molar-refractivity contribution < 1.29 is 23.1 Å². The highest BCUT2D eigenvalue weighted by molar-refractivity contribution is 5.85. The van der Waals surface area contributed by atoms with Crippen LogP contribution < -0.4 is 0 Å². The first kappa shape index (κ1) is 14.6. The summed E-state index contributed by atoms with van der Waals surface area (Å²) in [5, 5.41) is 8.94. The van der Waals surface area contributed by atoms with E-state index in [1.54, 1.807) is 10.6 Å². The zero-order chi connectivity index (χ0) is 15.9. The van der Waals surface area contributed by atoms with Crippen LogP contribution in [-0.4, -0.2) is 20.6 Å². The van der Waals surface area contributed by atoms with Gasteiger partial charge in [-0.1, -0.05) is 18.2 Å². The van der Waals surface area contributed by atoms with Crippen molar-refractivity contribution in [1.29, 1.82) is 0 Å². The summed E-state index contributed by atoms with van der Waals surface area (Å²) in [4.78, 5) is 14.9. The number of aryl methyl sites for hydroxylation is 1. The molecule has 1 aliphatic rings. The number of alkyl halides is 3. The van der Waals surface area contributed by atoms with Gasteiger partial charge in [-0.3, -0.25) is 0 Å². The molecule has 0 aliphatic carbocycles. The van der Waals surface area contributed by atoms with E-state index in [1.807, 2.05) is 0 Å². The molecule has 1 aliphatic heterocycles. The first-order valence-corrected chi connectivity index (χ1v) is 6.81. The zero-order valence-corrected chi connectivity index (χ0v) is 11.5. The van der Waals surface area contributed by atoms with E-state index in [9.17, 15) is 18.0 Å². The lowest BCUT2D eigenvalue weighted by Gasteiger charge is -2.24. The molecular weight excluding hydrogens is 297 g/mol. The van der Waals surface area contributed by atoms with E-state index in [-0.39, 0.29) is 11.6 Å². The number of aromatic carboxylic acids is 1. The minimum atomic E-state index is -4.36. The molecule has 1 aromatic heterocycles. The lowest BCUT2D eigenvalue weighted by molar-refractivity contribution is -0.137. The SMILES string of the molecule is O=C(O)c1cn2c(n1)CCC(c1cccc(C(F)(F)F)c1)C2. The van der Waals surface area contributed by atoms with Gasteiger partial charge in [-0.15, -0.1) is 0 Å². The molecule has 2 aromatic rings. The van der Waals surface area contributed by atoms with Gasteiger partial charge in [0.05, 0.1) is 5.56 Å². The van der Waals surface area contributed by atoms with E-state index < -0.39 is 17.7 Å². The molecule has 1 atom stereocenters. The maximum Gasteiger partial charge on any atom is 0.416 e. The number of carboxylic acids is 1. The average molecular weight is 310 g/mol. The van der Waals surface area contributed by atoms with Crippen molar-refractivity contribution in [2.75, 3.05) is 0 Å². The van der Waals surface area contributed by atoms with Crippen LogP contribution in [0.1, 0.15) is 39.8 Å². The summed E-state index contributed by atoms with van der Waals surface area (Å²) in [5.74, 6) is -0.510. The summed E-state index contributed by atoms with van der Waals surface area (Å²) in [7, 11) is 0. The number of hydrogen-bond donors (Lipinski definition) is 1. The quantitative estimate of drug-likeness (QED) is 0.925. The largest absolute Gasteiger partial charge is 0.476 e. The number of rotatable bonds is 2. The minimum absolute atomic E-state index is 0.0281. The summed E-state index contributed by atoms with van der Waals surface area (Å²) in [6.45, 7) is 0.441. The Kier molecular flexibility index (Phi) is 3.42. The second-order valence-corrected chi connectivity index (χ2v) is 5.36.